The number of anilines is 2. The van der Waals surface area contributed by atoms with Gasteiger partial charge in [0.15, 0.2) is 11.6 Å². The molecule has 0 fully saturated rings. The van der Waals surface area contributed by atoms with E-state index in [1.165, 1.54) is 22.3 Å². The van der Waals surface area contributed by atoms with Crippen molar-refractivity contribution >= 4 is 34.1 Å². The fourth-order valence-corrected chi connectivity index (χ4v) is 5.49. The number of carbonyl (C=O) groups excluding carboxylic acids is 2. The van der Waals surface area contributed by atoms with Crippen LogP contribution in [-0.2, 0) is 9.59 Å². The van der Waals surface area contributed by atoms with Gasteiger partial charge >= 0.3 is 0 Å². The lowest BCUT2D eigenvalue weighted by molar-refractivity contribution is -0.114. The number of hydrogen-bond acceptors (Lipinski definition) is 4. The second-order valence-corrected chi connectivity index (χ2v) is 14.0. The van der Waals surface area contributed by atoms with E-state index in [2.05, 4.69) is 130 Å². The molecular formula is C36H50N2O2. The highest BCUT2D eigenvalue weighted by molar-refractivity contribution is 6.26. The van der Waals surface area contributed by atoms with Gasteiger partial charge in [-0.05, 0) is 104 Å². The molecule has 2 N–H and O–H groups in total. The number of aryl methyl sites for hydroxylation is 2. The average molecular weight is 543 g/mol. The minimum absolute atomic E-state index is 0.0235. The van der Waals surface area contributed by atoms with Gasteiger partial charge in [-0.25, -0.2) is 0 Å². The van der Waals surface area contributed by atoms with E-state index in [1.54, 1.807) is 0 Å². The zero-order valence-corrected chi connectivity index (χ0v) is 26.8. The van der Waals surface area contributed by atoms with E-state index in [1.807, 2.05) is 0 Å². The van der Waals surface area contributed by atoms with Gasteiger partial charge in [-0.3, -0.25) is 9.59 Å². The lowest BCUT2D eigenvalue weighted by Crippen LogP contribution is -2.27. The Labute approximate surface area is 242 Å². The van der Waals surface area contributed by atoms with E-state index in [9.17, 15) is 9.59 Å². The number of ketones is 2. The predicted molar refractivity (Wildman–Crippen MR) is 172 cm³/mol. The normalized spacial score (nSPS) is 19.7. The monoisotopic (exact) mass is 542 g/mol. The third kappa shape index (κ3) is 7.53. The zero-order valence-electron chi connectivity index (χ0n) is 26.8. The van der Waals surface area contributed by atoms with Crippen LogP contribution in [0.15, 0.2) is 47.5 Å². The molecular weight excluding hydrogens is 492 g/mol. The van der Waals surface area contributed by atoms with Crippen molar-refractivity contribution in [1.29, 1.82) is 0 Å². The summed E-state index contributed by atoms with van der Waals surface area (Å²) in [5.74, 6) is 1.27. The highest BCUT2D eigenvalue weighted by Gasteiger charge is 2.30. The first-order chi connectivity index (χ1) is 18.4. The quantitative estimate of drug-likeness (QED) is 0.404. The fraction of sp³-hybridized carbons (Fsp3) is 0.500. The third-order valence-electron chi connectivity index (χ3n) is 7.72. The molecule has 40 heavy (non-hydrogen) atoms. The number of benzene rings is 2. The van der Waals surface area contributed by atoms with Gasteiger partial charge in [-0.2, -0.15) is 0 Å². The van der Waals surface area contributed by atoms with Gasteiger partial charge in [0.25, 0.3) is 0 Å². The highest BCUT2D eigenvalue weighted by Crippen LogP contribution is 2.40. The minimum Gasteiger partial charge on any atom is -0.380 e. The summed E-state index contributed by atoms with van der Waals surface area (Å²) in [6, 6.07) is 12.6. The van der Waals surface area contributed by atoms with Crippen molar-refractivity contribution in [2.75, 3.05) is 10.6 Å². The lowest BCUT2D eigenvalue weighted by Gasteiger charge is -2.25. The Morgan fingerprint density at radius 1 is 0.600 bits per heavy atom. The van der Waals surface area contributed by atoms with E-state index in [0.717, 1.165) is 33.6 Å². The molecule has 0 spiro atoms. The Morgan fingerprint density at radius 3 is 1.18 bits per heavy atom. The fourth-order valence-electron chi connectivity index (χ4n) is 5.49. The van der Waals surface area contributed by atoms with Gasteiger partial charge in [-0.1, -0.05) is 49.3 Å². The Bertz CT molecular complexity index is 1260. The van der Waals surface area contributed by atoms with Gasteiger partial charge in [0.2, 0.25) is 0 Å². The van der Waals surface area contributed by atoms with E-state index in [4.69, 9.17) is 0 Å². The summed E-state index contributed by atoms with van der Waals surface area (Å²) in [6.45, 7) is 25.4. The Balaban J connectivity index is 0.000000220. The van der Waals surface area contributed by atoms with Crippen LogP contribution in [0.2, 0.25) is 0 Å². The predicted octanol–water partition coefficient (Wildman–Crippen LogP) is 9.18. The second-order valence-electron chi connectivity index (χ2n) is 14.0. The molecule has 0 radical (unpaired) electrons. The van der Waals surface area contributed by atoms with Crippen LogP contribution < -0.4 is 10.6 Å². The summed E-state index contributed by atoms with van der Waals surface area (Å²) in [7, 11) is 0. The third-order valence-corrected chi connectivity index (χ3v) is 7.72. The van der Waals surface area contributed by atoms with Crippen LogP contribution in [0.25, 0.3) is 11.1 Å². The first kappa shape index (κ1) is 31.4. The molecule has 0 amide bonds. The summed E-state index contributed by atoms with van der Waals surface area (Å²) < 4.78 is 0. The van der Waals surface area contributed by atoms with Gasteiger partial charge in [0.1, 0.15) is 0 Å². The molecule has 2 aliphatic carbocycles. The van der Waals surface area contributed by atoms with Crippen LogP contribution in [0.1, 0.15) is 104 Å². The molecule has 0 aliphatic heterocycles. The molecule has 0 saturated carbocycles. The van der Waals surface area contributed by atoms with Gasteiger partial charge in [0.05, 0.1) is 0 Å². The molecule has 0 bridgehead atoms. The molecule has 4 heteroatoms. The Kier molecular flexibility index (Phi) is 9.23. The van der Waals surface area contributed by atoms with E-state index >= 15 is 0 Å². The van der Waals surface area contributed by atoms with Crippen molar-refractivity contribution in [3.63, 3.8) is 0 Å². The zero-order chi connectivity index (χ0) is 30.2. The first-order valence-electron chi connectivity index (χ1n) is 14.6. The minimum atomic E-state index is -0.0235. The Morgan fingerprint density at radius 2 is 0.925 bits per heavy atom. The molecule has 2 aromatic carbocycles. The topological polar surface area (TPSA) is 58.2 Å². The molecule has 2 aromatic rings. The lowest BCUT2D eigenvalue weighted by atomic mass is 9.96. The van der Waals surface area contributed by atoms with Crippen LogP contribution >= 0.6 is 0 Å². The van der Waals surface area contributed by atoms with E-state index in [0.29, 0.717) is 24.7 Å². The van der Waals surface area contributed by atoms with Crippen LogP contribution in [0, 0.1) is 25.7 Å². The number of Topliss-reactive ketones (excluding diaryl/α,β-unsaturated/α-hetero) is 2. The summed E-state index contributed by atoms with van der Waals surface area (Å²) in [4.78, 5) is 24.6. The number of rotatable bonds is 4. The van der Waals surface area contributed by atoms with Crippen molar-refractivity contribution in [2.24, 2.45) is 11.8 Å². The van der Waals surface area contributed by atoms with Gasteiger partial charge < -0.3 is 10.6 Å². The van der Waals surface area contributed by atoms with E-state index in [-0.39, 0.29) is 22.6 Å². The maximum Gasteiger partial charge on any atom is 0.164 e. The highest BCUT2D eigenvalue weighted by atomic mass is 16.1. The standard InChI is InChI=1S/2C18H25NO/c2*1-11-7-8-14(15(9-11)19-18(4,5)6)17-13(3)12(2)10-16(17)20/h2*7-9,12,19H,10H2,1-6H3. The van der Waals surface area contributed by atoms with Crippen LogP contribution in [-0.4, -0.2) is 22.6 Å². The van der Waals surface area contributed by atoms with Crippen LogP contribution in [0.5, 0.6) is 0 Å². The summed E-state index contributed by atoms with van der Waals surface area (Å²) in [5.41, 5.74) is 10.9. The SMILES string of the molecule is CC1=C(c2ccc(C)cc2NC(C)(C)C)C(=O)CC1C.CC1=C(c2ccc(C)cc2NC(C)(C)C)C(=O)CC1C. The second kappa shape index (κ2) is 11.8. The van der Waals surface area contributed by atoms with Crippen molar-refractivity contribution in [3.05, 3.63) is 69.8 Å². The Hall–Kier alpha value is -3.14. The van der Waals surface area contributed by atoms with Crippen molar-refractivity contribution < 1.29 is 9.59 Å². The number of nitrogens with one attached hydrogen (secondary N) is 2. The molecule has 216 valence electrons. The number of allylic oxidation sites excluding steroid dienone is 4. The van der Waals surface area contributed by atoms with Crippen LogP contribution in [0.4, 0.5) is 11.4 Å². The summed E-state index contributed by atoms with van der Waals surface area (Å²) >= 11 is 0. The largest absolute Gasteiger partial charge is 0.380 e. The number of hydrogen-bond donors (Lipinski definition) is 2. The van der Waals surface area contributed by atoms with E-state index < -0.39 is 0 Å². The van der Waals surface area contributed by atoms with Crippen molar-refractivity contribution in [3.8, 4) is 0 Å². The van der Waals surface area contributed by atoms with Crippen molar-refractivity contribution in [1.82, 2.24) is 0 Å². The first-order valence-corrected chi connectivity index (χ1v) is 14.6. The van der Waals surface area contributed by atoms with Crippen LogP contribution in [0.3, 0.4) is 0 Å². The molecule has 2 unspecified atom stereocenters. The summed E-state index contributed by atoms with van der Waals surface area (Å²) in [5, 5.41) is 7.07. The maximum atomic E-state index is 12.3. The molecule has 0 aromatic heterocycles. The maximum absolute atomic E-state index is 12.3. The molecule has 2 atom stereocenters. The molecule has 2 aliphatic rings. The van der Waals surface area contributed by atoms with Gasteiger partial charge in [-0.15, -0.1) is 0 Å². The average Bonchev–Trinajstić information content (AvgIpc) is 3.19. The smallest absolute Gasteiger partial charge is 0.164 e. The van der Waals surface area contributed by atoms with Gasteiger partial charge in [0, 0.05) is 57.6 Å². The molecule has 0 saturated heterocycles. The molecule has 0 heterocycles. The summed E-state index contributed by atoms with van der Waals surface area (Å²) in [6.07, 6.45) is 1.29. The molecule has 4 rings (SSSR count). The van der Waals surface area contributed by atoms with Crippen molar-refractivity contribution in [2.45, 2.75) is 107 Å². The number of carbonyl (C=O) groups is 2. The molecule has 4 nitrogen and oxygen atoms in total.